The van der Waals surface area contributed by atoms with Crippen molar-refractivity contribution in [2.75, 3.05) is 5.32 Å². The van der Waals surface area contributed by atoms with Gasteiger partial charge in [-0.15, -0.1) is 11.3 Å². The van der Waals surface area contributed by atoms with Crippen molar-refractivity contribution in [2.45, 2.75) is 26.1 Å². The zero-order valence-corrected chi connectivity index (χ0v) is 17.4. The Morgan fingerprint density at radius 1 is 1.20 bits per heavy atom. The summed E-state index contributed by atoms with van der Waals surface area (Å²) in [6.45, 7) is 3.74. The summed E-state index contributed by atoms with van der Waals surface area (Å²) in [6, 6.07) is 10.3. The largest absolute Gasteiger partial charge is 0.418 e. The van der Waals surface area contributed by atoms with Crippen molar-refractivity contribution in [3.63, 3.8) is 0 Å². The minimum absolute atomic E-state index is 0.0913. The van der Waals surface area contributed by atoms with E-state index >= 15 is 0 Å². The van der Waals surface area contributed by atoms with E-state index in [1.807, 2.05) is 37.3 Å². The summed E-state index contributed by atoms with van der Waals surface area (Å²) in [4.78, 5) is 25.2. The smallest absolute Gasteiger partial charge is 0.306 e. The van der Waals surface area contributed by atoms with Gasteiger partial charge in [-0.05, 0) is 25.5 Å². The fraction of sp³-hybridized carbons (Fsp3) is 0.200. The van der Waals surface area contributed by atoms with Crippen LogP contribution in [0.4, 0.5) is 19.0 Å². The van der Waals surface area contributed by atoms with Crippen molar-refractivity contribution >= 4 is 40.4 Å². The van der Waals surface area contributed by atoms with Crippen molar-refractivity contribution in [2.24, 2.45) is 4.99 Å². The van der Waals surface area contributed by atoms with Crippen molar-refractivity contribution in [3.8, 4) is 0 Å². The van der Waals surface area contributed by atoms with E-state index in [2.05, 4.69) is 20.3 Å². The van der Waals surface area contributed by atoms with Gasteiger partial charge >= 0.3 is 6.18 Å². The molecule has 0 aliphatic heterocycles. The van der Waals surface area contributed by atoms with E-state index in [0.29, 0.717) is 16.8 Å². The Kier molecular flexibility index (Phi) is 6.52. The molecule has 156 valence electrons. The lowest BCUT2D eigenvalue weighted by Gasteiger charge is -2.10. The molecular formula is C20H16ClF3N4OS. The molecule has 0 aliphatic rings. The van der Waals surface area contributed by atoms with Crippen molar-refractivity contribution in [1.82, 2.24) is 9.97 Å². The summed E-state index contributed by atoms with van der Waals surface area (Å²) < 4.78 is 38.9. The number of thiazole rings is 1. The first-order valence-corrected chi connectivity index (χ1v) is 9.94. The van der Waals surface area contributed by atoms with Crippen LogP contribution in [0.1, 0.15) is 45.7 Å². The Bertz CT molecular complexity index is 1080. The zero-order chi connectivity index (χ0) is 21.9. The number of nitrogens with one attached hydrogen (secondary N) is 1. The number of aromatic nitrogens is 2. The lowest BCUT2D eigenvalue weighted by molar-refractivity contribution is -0.137. The molecule has 3 aromatic rings. The van der Waals surface area contributed by atoms with Gasteiger partial charge in [0.25, 0.3) is 5.91 Å². The summed E-state index contributed by atoms with van der Waals surface area (Å²) in [7, 11) is 0. The average Bonchev–Trinajstić information content (AvgIpc) is 3.20. The fourth-order valence-electron chi connectivity index (χ4n) is 2.60. The minimum Gasteiger partial charge on any atom is -0.306 e. The summed E-state index contributed by atoms with van der Waals surface area (Å²) in [5.41, 5.74) is 0.623. The second-order valence-corrected chi connectivity index (χ2v) is 7.77. The van der Waals surface area contributed by atoms with Gasteiger partial charge < -0.3 is 5.32 Å². The lowest BCUT2D eigenvalue weighted by atomic mass is 10.1. The maximum Gasteiger partial charge on any atom is 0.418 e. The number of carbonyl (C=O) groups is 1. The van der Waals surface area contributed by atoms with Gasteiger partial charge in [0.05, 0.1) is 28.5 Å². The fourth-order valence-corrected chi connectivity index (χ4v) is 3.57. The highest BCUT2D eigenvalue weighted by atomic mass is 35.5. The third kappa shape index (κ3) is 5.22. The average molecular weight is 453 g/mol. The monoisotopic (exact) mass is 452 g/mol. The normalized spacial score (nSPS) is 13.2. The second kappa shape index (κ2) is 8.93. The van der Waals surface area contributed by atoms with Crippen LogP contribution in [0.15, 0.2) is 53.8 Å². The van der Waals surface area contributed by atoms with E-state index in [9.17, 15) is 18.0 Å². The number of halogens is 4. The van der Waals surface area contributed by atoms with Gasteiger partial charge in [0, 0.05) is 6.20 Å². The highest BCUT2D eigenvalue weighted by Gasteiger charge is 2.34. The molecule has 0 aliphatic carbocycles. The number of amides is 1. The highest BCUT2D eigenvalue weighted by molar-refractivity contribution is 7.15. The molecule has 1 N–H and O–H groups in total. The van der Waals surface area contributed by atoms with Gasteiger partial charge in [0.2, 0.25) is 0 Å². The molecular weight excluding hydrogens is 437 g/mol. The van der Waals surface area contributed by atoms with E-state index in [-0.39, 0.29) is 16.7 Å². The van der Waals surface area contributed by atoms with Crippen LogP contribution in [-0.4, -0.2) is 21.6 Å². The second-order valence-electron chi connectivity index (χ2n) is 6.33. The molecule has 1 amide bonds. The number of alkyl halides is 3. The Morgan fingerprint density at radius 3 is 2.57 bits per heavy atom. The van der Waals surface area contributed by atoms with Crippen LogP contribution in [-0.2, 0) is 6.18 Å². The van der Waals surface area contributed by atoms with Gasteiger partial charge in [-0.1, -0.05) is 41.9 Å². The molecule has 2 aromatic heterocycles. The van der Waals surface area contributed by atoms with Crippen LogP contribution < -0.4 is 5.32 Å². The van der Waals surface area contributed by atoms with E-state index in [0.717, 1.165) is 23.1 Å². The van der Waals surface area contributed by atoms with Gasteiger partial charge in [-0.25, -0.2) is 9.97 Å². The molecule has 0 unspecified atom stereocenters. The first-order chi connectivity index (χ1) is 14.1. The topological polar surface area (TPSA) is 67.2 Å². The minimum atomic E-state index is -4.65. The maximum absolute atomic E-state index is 13.0. The van der Waals surface area contributed by atoms with Crippen LogP contribution in [0.3, 0.4) is 0 Å². The molecule has 0 saturated carbocycles. The molecule has 10 heteroatoms. The molecule has 5 nitrogen and oxygen atoms in total. The molecule has 3 rings (SSSR count). The van der Waals surface area contributed by atoms with Gasteiger partial charge in [-0.2, -0.15) is 13.2 Å². The van der Waals surface area contributed by atoms with E-state index < -0.39 is 22.7 Å². The predicted octanol–water partition coefficient (Wildman–Crippen LogP) is 6.03. The number of hydrogen-bond acceptors (Lipinski definition) is 5. The Balaban J connectivity index is 1.74. The van der Waals surface area contributed by atoms with Gasteiger partial charge in [-0.3, -0.25) is 9.79 Å². The van der Waals surface area contributed by atoms with Crippen LogP contribution in [0.5, 0.6) is 0 Å². The molecule has 2 heterocycles. The van der Waals surface area contributed by atoms with E-state index in [4.69, 9.17) is 11.6 Å². The first-order valence-electron chi connectivity index (χ1n) is 8.75. The van der Waals surface area contributed by atoms with Crippen LogP contribution in [0, 0.1) is 0 Å². The standard InChI is InChI=1S/C20H16ClF3N4OS/c1-11(13-6-4-3-5-7-13)27-12(2)19-26-10-16(30-19)18(29)28-17-8-14(20(22,23)24)15(21)9-25-17/h3-11H,1-2H3,(H,25,28,29)/t11-/m1/s1. The third-order valence-electron chi connectivity index (χ3n) is 4.11. The molecule has 30 heavy (non-hydrogen) atoms. The molecule has 1 atom stereocenters. The number of nitrogens with zero attached hydrogens (tertiary/aromatic N) is 3. The molecule has 0 spiro atoms. The summed E-state index contributed by atoms with van der Waals surface area (Å²) in [6.07, 6.45) is -2.46. The lowest BCUT2D eigenvalue weighted by Crippen LogP contribution is -2.13. The molecule has 0 radical (unpaired) electrons. The predicted molar refractivity (Wildman–Crippen MR) is 111 cm³/mol. The summed E-state index contributed by atoms with van der Waals surface area (Å²) in [5.74, 6) is -0.875. The Labute approximate surface area is 179 Å². The van der Waals surface area contributed by atoms with E-state index in [1.165, 1.54) is 6.20 Å². The van der Waals surface area contributed by atoms with Crippen molar-refractivity contribution in [3.05, 3.63) is 74.8 Å². The number of benzene rings is 1. The Morgan fingerprint density at radius 2 is 1.90 bits per heavy atom. The maximum atomic E-state index is 13.0. The van der Waals surface area contributed by atoms with Crippen molar-refractivity contribution < 1.29 is 18.0 Å². The number of pyridine rings is 1. The molecule has 0 saturated heterocycles. The quantitative estimate of drug-likeness (QED) is 0.480. The SMILES string of the molecule is CC(=N[C@H](C)c1ccccc1)c1ncc(C(=O)Nc2cc(C(F)(F)F)c(Cl)cn2)s1. The zero-order valence-electron chi connectivity index (χ0n) is 15.9. The third-order valence-corrected chi connectivity index (χ3v) is 5.52. The Hall–Kier alpha value is -2.78. The van der Waals surface area contributed by atoms with Crippen LogP contribution in [0.2, 0.25) is 5.02 Å². The number of carbonyl (C=O) groups excluding carboxylic acids is 1. The van der Waals surface area contributed by atoms with Crippen LogP contribution in [0.25, 0.3) is 0 Å². The molecule has 0 fully saturated rings. The van der Waals surface area contributed by atoms with Crippen molar-refractivity contribution in [1.29, 1.82) is 0 Å². The molecule has 0 bridgehead atoms. The summed E-state index contributed by atoms with van der Waals surface area (Å²) in [5, 5.41) is 2.34. The van der Waals surface area contributed by atoms with Gasteiger partial charge in [0.1, 0.15) is 15.7 Å². The number of hydrogen-bond donors (Lipinski definition) is 1. The number of anilines is 1. The van der Waals surface area contributed by atoms with Gasteiger partial charge in [0.15, 0.2) is 0 Å². The summed E-state index contributed by atoms with van der Waals surface area (Å²) >= 11 is 6.63. The molecule has 1 aromatic carbocycles. The first kappa shape index (κ1) is 21.9. The van der Waals surface area contributed by atoms with Crippen LogP contribution >= 0.6 is 22.9 Å². The number of aliphatic imine (C=N–C) groups is 1. The highest BCUT2D eigenvalue weighted by Crippen LogP contribution is 2.35. The van der Waals surface area contributed by atoms with E-state index in [1.54, 1.807) is 6.92 Å². The number of rotatable bonds is 5.